The molecule has 2 aromatic rings. The fourth-order valence-corrected chi connectivity index (χ4v) is 1.42. The second-order valence-corrected chi connectivity index (χ2v) is 3.48. The molecule has 2 N–H and O–H groups in total. The summed E-state index contributed by atoms with van der Waals surface area (Å²) in [6.45, 7) is 0.992. The molecular weight excluding hydrogens is 204 g/mol. The van der Waals surface area contributed by atoms with Gasteiger partial charge in [0, 0.05) is 12.6 Å². The highest BCUT2D eigenvalue weighted by atomic mass is 16.5. The smallest absolute Gasteiger partial charge is 0.124 e. The van der Waals surface area contributed by atoms with Gasteiger partial charge in [-0.2, -0.15) is 0 Å². The van der Waals surface area contributed by atoms with E-state index in [1.165, 1.54) is 0 Å². The summed E-state index contributed by atoms with van der Waals surface area (Å²) >= 11 is 0. The van der Waals surface area contributed by atoms with Gasteiger partial charge in [0.15, 0.2) is 0 Å². The Bertz CT molecular complexity index is 400. The van der Waals surface area contributed by atoms with Crippen molar-refractivity contribution < 1.29 is 9.26 Å². The molecule has 1 heterocycles. The van der Waals surface area contributed by atoms with Crippen LogP contribution in [-0.4, -0.2) is 18.3 Å². The molecule has 0 aliphatic heterocycles. The SMILES string of the molecule is NCC(COc1ccccc1)c1ccon1. The third-order valence-corrected chi connectivity index (χ3v) is 2.35. The molecule has 0 amide bonds. The predicted molar refractivity (Wildman–Crippen MR) is 60.2 cm³/mol. The number of nitrogens with two attached hydrogens (primary N) is 1. The highest BCUT2D eigenvalue weighted by Crippen LogP contribution is 2.15. The molecule has 84 valence electrons. The van der Waals surface area contributed by atoms with Crippen LogP contribution in [0.25, 0.3) is 0 Å². The van der Waals surface area contributed by atoms with Crippen LogP contribution >= 0.6 is 0 Å². The summed E-state index contributed by atoms with van der Waals surface area (Å²) in [7, 11) is 0. The van der Waals surface area contributed by atoms with Crippen molar-refractivity contribution in [3.63, 3.8) is 0 Å². The van der Waals surface area contributed by atoms with E-state index in [9.17, 15) is 0 Å². The lowest BCUT2D eigenvalue weighted by molar-refractivity contribution is 0.282. The van der Waals surface area contributed by atoms with Crippen molar-refractivity contribution in [1.29, 1.82) is 0 Å². The number of para-hydroxylation sites is 1. The summed E-state index contributed by atoms with van der Waals surface area (Å²) in [6, 6.07) is 11.5. The molecule has 0 fully saturated rings. The van der Waals surface area contributed by atoms with Gasteiger partial charge in [-0.05, 0) is 12.1 Å². The Labute approximate surface area is 94.0 Å². The van der Waals surface area contributed by atoms with Crippen molar-refractivity contribution >= 4 is 0 Å². The molecule has 0 bridgehead atoms. The zero-order valence-electron chi connectivity index (χ0n) is 8.87. The lowest BCUT2D eigenvalue weighted by atomic mass is 10.1. The first kappa shape index (κ1) is 10.7. The van der Waals surface area contributed by atoms with Gasteiger partial charge in [0.25, 0.3) is 0 Å². The van der Waals surface area contributed by atoms with Crippen LogP contribution in [-0.2, 0) is 0 Å². The van der Waals surface area contributed by atoms with Crippen molar-refractivity contribution in [3.05, 3.63) is 48.4 Å². The summed E-state index contributed by atoms with van der Waals surface area (Å²) in [5, 5.41) is 3.86. The number of hydrogen-bond acceptors (Lipinski definition) is 4. The van der Waals surface area contributed by atoms with Gasteiger partial charge in [0.05, 0.1) is 18.2 Å². The van der Waals surface area contributed by atoms with Crippen molar-refractivity contribution in [3.8, 4) is 5.75 Å². The van der Waals surface area contributed by atoms with Crippen molar-refractivity contribution in [2.24, 2.45) is 5.73 Å². The van der Waals surface area contributed by atoms with Gasteiger partial charge >= 0.3 is 0 Å². The summed E-state index contributed by atoms with van der Waals surface area (Å²) in [4.78, 5) is 0. The Balaban J connectivity index is 1.94. The minimum absolute atomic E-state index is 0.0685. The first-order valence-corrected chi connectivity index (χ1v) is 5.18. The van der Waals surface area contributed by atoms with E-state index in [0.29, 0.717) is 13.2 Å². The number of ether oxygens (including phenoxy) is 1. The van der Waals surface area contributed by atoms with E-state index in [0.717, 1.165) is 11.4 Å². The third-order valence-electron chi connectivity index (χ3n) is 2.35. The first-order chi connectivity index (χ1) is 7.90. The molecule has 1 aromatic carbocycles. The minimum Gasteiger partial charge on any atom is -0.493 e. The minimum atomic E-state index is 0.0685. The molecule has 0 aliphatic carbocycles. The number of rotatable bonds is 5. The molecule has 0 aliphatic rings. The molecule has 1 atom stereocenters. The van der Waals surface area contributed by atoms with Crippen LogP contribution in [0.1, 0.15) is 11.6 Å². The molecule has 0 spiro atoms. The third kappa shape index (κ3) is 2.61. The van der Waals surface area contributed by atoms with E-state index in [2.05, 4.69) is 5.16 Å². The van der Waals surface area contributed by atoms with Gasteiger partial charge < -0.3 is 15.0 Å². The van der Waals surface area contributed by atoms with Crippen molar-refractivity contribution in [2.75, 3.05) is 13.2 Å². The Morgan fingerprint density at radius 1 is 1.25 bits per heavy atom. The van der Waals surface area contributed by atoms with Crippen molar-refractivity contribution in [1.82, 2.24) is 5.16 Å². The number of aromatic nitrogens is 1. The van der Waals surface area contributed by atoms with Gasteiger partial charge in [-0.3, -0.25) is 0 Å². The molecular formula is C12H14N2O2. The van der Waals surface area contributed by atoms with Crippen LogP contribution in [0, 0.1) is 0 Å². The molecule has 0 radical (unpaired) electrons. The lowest BCUT2D eigenvalue weighted by Crippen LogP contribution is -2.19. The quantitative estimate of drug-likeness (QED) is 0.831. The Morgan fingerprint density at radius 3 is 2.69 bits per heavy atom. The topological polar surface area (TPSA) is 61.3 Å². The van der Waals surface area contributed by atoms with Gasteiger partial charge in [-0.15, -0.1) is 0 Å². The van der Waals surface area contributed by atoms with Gasteiger partial charge in [-0.1, -0.05) is 23.4 Å². The summed E-state index contributed by atoms with van der Waals surface area (Å²) in [6.07, 6.45) is 1.54. The highest BCUT2D eigenvalue weighted by molar-refractivity contribution is 5.21. The zero-order chi connectivity index (χ0) is 11.2. The molecule has 1 unspecified atom stereocenters. The maximum Gasteiger partial charge on any atom is 0.124 e. The number of benzene rings is 1. The maximum atomic E-state index is 5.67. The zero-order valence-corrected chi connectivity index (χ0v) is 8.87. The molecule has 4 heteroatoms. The molecule has 0 saturated heterocycles. The van der Waals surface area contributed by atoms with Gasteiger partial charge in [-0.25, -0.2) is 0 Å². The monoisotopic (exact) mass is 218 g/mol. The maximum absolute atomic E-state index is 5.67. The van der Waals surface area contributed by atoms with Gasteiger partial charge in [0.2, 0.25) is 0 Å². The summed E-state index contributed by atoms with van der Waals surface area (Å²) in [5.74, 6) is 0.906. The molecule has 4 nitrogen and oxygen atoms in total. The van der Waals surface area contributed by atoms with Crippen LogP contribution in [0.2, 0.25) is 0 Å². The van der Waals surface area contributed by atoms with Gasteiger partial charge in [0.1, 0.15) is 12.0 Å². The fourth-order valence-electron chi connectivity index (χ4n) is 1.42. The van der Waals surface area contributed by atoms with E-state index in [-0.39, 0.29) is 5.92 Å². The highest BCUT2D eigenvalue weighted by Gasteiger charge is 2.13. The van der Waals surface area contributed by atoms with Crippen LogP contribution in [0.4, 0.5) is 0 Å². The summed E-state index contributed by atoms with van der Waals surface area (Å²) < 4.78 is 10.4. The lowest BCUT2D eigenvalue weighted by Gasteiger charge is -2.12. The van der Waals surface area contributed by atoms with E-state index in [4.69, 9.17) is 15.0 Å². The molecule has 16 heavy (non-hydrogen) atoms. The average molecular weight is 218 g/mol. The first-order valence-electron chi connectivity index (χ1n) is 5.18. The van der Waals surface area contributed by atoms with E-state index >= 15 is 0 Å². The second-order valence-electron chi connectivity index (χ2n) is 3.48. The van der Waals surface area contributed by atoms with Crippen LogP contribution in [0.5, 0.6) is 5.75 Å². The van der Waals surface area contributed by atoms with Crippen LogP contribution in [0.15, 0.2) is 47.2 Å². The molecule has 2 rings (SSSR count). The van der Waals surface area contributed by atoms with E-state index in [1.807, 2.05) is 36.4 Å². The van der Waals surface area contributed by atoms with E-state index < -0.39 is 0 Å². The molecule has 1 aromatic heterocycles. The Morgan fingerprint density at radius 2 is 2.06 bits per heavy atom. The standard InChI is InChI=1S/C12H14N2O2/c13-8-10(12-6-7-16-14-12)9-15-11-4-2-1-3-5-11/h1-7,10H,8-9,13H2. The van der Waals surface area contributed by atoms with E-state index in [1.54, 1.807) is 6.26 Å². The van der Waals surface area contributed by atoms with Crippen LogP contribution in [0.3, 0.4) is 0 Å². The Kier molecular flexibility index (Phi) is 3.56. The Hall–Kier alpha value is -1.81. The number of nitrogens with zero attached hydrogens (tertiary/aromatic N) is 1. The largest absolute Gasteiger partial charge is 0.493 e. The fraction of sp³-hybridized carbons (Fsp3) is 0.250. The summed E-state index contributed by atoms with van der Waals surface area (Å²) in [5.41, 5.74) is 6.50. The average Bonchev–Trinajstić information content (AvgIpc) is 2.85. The molecule has 0 saturated carbocycles. The normalized spacial score (nSPS) is 12.3. The van der Waals surface area contributed by atoms with Crippen molar-refractivity contribution in [2.45, 2.75) is 5.92 Å². The predicted octanol–water partition coefficient (Wildman–Crippen LogP) is 1.80. The second kappa shape index (κ2) is 5.32. The van der Waals surface area contributed by atoms with Crippen LogP contribution < -0.4 is 10.5 Å². The number of hydrogen-bond donors (Lipinski definition) is 1.